The van der Waals surface area contributed by atoms with Gasteiger partial charge in [-0.25, -0.2) is 14.6 Å². The van der Waals surface area contributed by atoms with Crippen LogP contribution in [-0.2, 0) is 21.4 Å². The third-order valence-corrected chi connectivity index (χ3v) is 8.09. The number of nitrogens with two attached hydrogens (primary N) is 1. The highest BCUT2D eigenvalue weighted by Gasteiger charge is 2.54. The summed E-state index contributed by atoms with van der Waals surface area (Å²) >= 11 is 3.90. The van der Waals surface area contributed by atoms with Crippen LogP contribution in [0.1, 0.15) is 10.9 Å². The Morgan fingerprint density at radius 3 is 2.82 bits per heavy atom. The van der Waals surface area contributed by atoms with E-state index in [9.17, 15) is 24.3 Å². The molecule has 15 heteroatoms. The van der Waals surface area contributed by atoms with Crippen LogP contribution >= 0.6 is 34.9 Å². The summed E-state index contributed by atoms with van der Waals surface area (Å²) in [6.45, 7) is 0. The number of aryl methyl sites for hydroxylation is 1. The fourth-order valence-corrected chi connectivity index (χ4v) is 6.53. The molecule has 0 radical (unpaired) electrons. The van der Waals surface area contributed by atoms with Crippen LogP contribution in [-0.4, -0.2) is 71.5 Å². The van der Waals surface area contributed by atoms with Gasteiger partial charge in [0.05, 0.1) is 0 Å². The monoisotopic (exact) mass is 509 g/mol. The van der Waals surface area contributed by atoms with Crippen molar-refractivity contribution in [2.45, 2.75) is 22.6 Å². The first-order chi connectivity index (χ1) is 15.8. The van der Waals surface area contributed by atoms with Crippen molar-refractivity contribution >= 4 is 58.7 Å². The minimum absolute atomic E-state index is 0.0808. The molecule has 5 N–H and O–H groups in total. The zero-order valence-electron chi connectivity index (χ0n) is 17.1. The first-order valence-electron chi connectivity index (χ1n) is 9.54. The maximum absolute atomic E-state index is 12.9. The number of carboxylic acids is 1. The first kappa shape index (κ1) is 23.1. The lowest BCUT2D eigenvalue weighted by molar-refractivity contribution is -0.150. The lowest BCUT2D eigenvalue weighted by atomic mass is 10.0. The standard InChI is InChI=1S/C18H19N7O5S3/c1-24-7-20-18(23-24)33-6-8-5-32-15-11(14(27)25(15)12(8)16(28)29)21-13(26)10(22-17(19)30)9-3-2-4-31-9/h2-4,7,10-11,15H,5-6H2,1H3,(H,21,26)(H,28,29)(H3,19,22,30)/t10?,11-,15?/m0/s1. The summed E-state index contributed by atoms with van der Waals surface area (Å²) in [4.78, 5) is 54.9. The normalized spacial score (nSPS) is 20.6. The molecule has 0 bridgehead atoms. The summed E-state index contributed by atoms with van der Waals surface area (Å²) in [6, 6.07) is 0.546. The number of hydrogen-bond donors (Lipinski definition) is 4. The van der Waals surface area contributed by atoms with E-state index in [1.165, 1.54) is 39.8 Å². The van der Waals surface area contributed by atoms with E-state index in [2.05, 4.69) is 20.7 Å². The molecular weight excluding hydrogens is 490 g/mol. The molecule has 2 aliphatic rings. The zero-order chi connectivity index (χ0) is 23.7. The fraction of sp³-hybridized carbons (Fsp3) is 0.333. The van der Waals surface area contributed by atoms with Crippen molar-refractivity contribution in [1.82, 2.24) is 30.3 Å². The van der Waals surface area contributed by atoms with Gasteiger partial charge in [0.1, 0.15) is 29.5 Å². The summed E-state index contributed by atoms with van der Waals surface area (Å²) in [7, 11) is 1.73. The van der Waals surface area contributed by atoms with Gasteiger partial charge < -0.3 is 21.5 Å². The number of carboxylic acid groups (broad SMARTS) is 1. The Hall–Kier alpha value is -3.04. The quantitative estimate of drug-likeness (QED) is 0.285. The summed E-state index contributed by atoms with van der Waals surface area (Å²) < 4.78 is 1.54. The van der Waals surface area contributed by atoms with E-state index < -0.39 is 41.3 Å². The van der Waals surface area contributed by atoms with Gasteiger partial charge in [0.15, 0.2) is 0 Å². The van der Waals surface area contributed by atoms with Crippen LogP contribution in [0.4, 0.5) is 4.79 Å². The summed E-state index contributed by atoms with van der Waals surface area (Å²) in [5.74, 6) is -1.65. The molecule has 1 saturated heterocycles. The Kier molecular flexibility index (Phi) is 6.62. The molecule has 0 aromatic carbocycles. The maximum atomic E-state index is 12.9. The fourth-order valence-electron chi connectivity index (χ4n) is 3.43. The van der Waals surface area contributed by atoms with E-state index in [0.29, 0.717) is 27.1 Å². The average molecular weight is 510 g/mol. The zero-order valence-corrected chi connectivity index (χ0v) is 19.6. The molecule has 174 valence electrons. The van der Waals surface area contributed by atoms with Gasteiger partial charge >= 0.3 is 12.0 Å². The van der Waals surface area contributed by atoms with Crippen molar-refractivity contribution < 1.29 is 24.3 Å². The SMILES string of the molecule is Cn1cnc(SCC2=C(C(=O)O)N3C(=O)[C@H](NC(=O)C(NC(N)=O)c4cccs4)C3SC2)n1. The number of hydrogen-bond acceptors (Lipinski definition) is 9. The van der Waals surface area contributed by atoms with Gasteiger partial charge in [0.25, 0.3) is 5.91 Å². The summed E-state index contributed by atoms with van der Waals surface area (Å²) in [5.41, 5.74) is 5.69. The topological polar surface area (TPSA) is 173 Å². The van der Waals surface area contributed by atoms with E-state index in [4.69, 9.17) is 5.73 Å². The number of fused-ring (bicyclic) bond motifs is 1. The molecule has 2 aliphatic heterocycles. The van der Waals surface area contributed by atoms with Gasteiger partial charge in [-0.3, -0.25) is 19.2 Å². The average Bonchev–Trinajstić information content (AvgIpc) is 3.45. The van der Waals surface area contributed by atoms with E-state index in [-0.39, 0.29) is 5.70 Å². The lowest BCUT2D eigenvalue weighted by Crippen LogP contribution is -2.71. The van der Waals surface area contributed by atoms with E-state index >= 15 is 0 Å². The molecule has 33 heavy (non-hydrogen) atoms. The number of urea groups is 1. The van der Waals surface area contributed by atoms with Gasteiger partial charge in [-0.05, 0) is 17.0 Å². The lowest BCUT2D eigenvalue weighted by Gasteiger charge is -2.49. The van der Waals surface area contributed by atoms with Gasteiger partial charge in [-0.1, -0.05) is 17.8 Å². The molecule has 2 aromatic rings. The highest BCUT2D eigenvalue weighted by atomic mass is 32.2. The van der Waals surface area contributed by atoms with E-state index in [1.54, 1.807) is 35.6 Å². The number of amides is 4. The predicted octanol–water partition coefficient (Wildman–Crippen LogP) is 0.117. The Bertz CT molecular complexity index is 1130. The van der Waals surface area contributed by atoms with Crippen LogP contribution in [0.5, 0.6) is 0 Å². The minimum Gasteiger partial charge on any atom is -0.477 e. The smallest absolute Gasteiger partial charge is 0.352 e. The second-order valence-corrected chi connectivity index (χ2v) is 10.1. The molecular formula is C18H19N7O5S3. The van der Waals surface area contributed by atoms with Crippen molar-refractivity contribution in [2.75, 3.05) is 11.5 Å². The number of aliphatic carboxylic acids is 1. The maximum Gasteiger partial charge on any atom is 0.352 e. The molecule has 4 rings (SSSR count). The number of carbonyl (C=O) groups is 4. The van der Waals surface area contributed by atoms with E-state index in [1.807, 2.05) is 0 Å². The third-order valence-electron chi connectivity index (χ3n) is 4.88. The van der Waals surface area contributed by atoms with Crippen LogP contribution in [0.3, 0.4) is 0 Å². The Morgan fingerprint density at radius 2 is 2.21 bits per heavy atom. The number of β-lactam (4-membered cyclic amide) rings is 1. The molecule has 3 atom stereocenters. The molecule has 2 unspecified atom stereocenters. The number of aromatic nitrogens is 3. The minimum atomic E-state index is -1.21. The second-order valence-electron chi connectivity index (χ2n) is 7.10. The molecule has 4 amide bonds. The van der Waals surface area contributed by atoms with Crippen LogP contribution in [0, 0.1) is 0 Å². The Morgan fingerprint density at radius 1 is 1.42 bits per heavy atom. The highest BCUT2D eigenvalue weighted by molar-refractivity contribution is 8.01. The number of nitrogens with zero attached hydrogens (tertiary/aromatic N) is 4. The number of thiophene rings is 1. The largest absolute Gasteiger partial charge is 0.477 e. The molecule has 12 nitrogen and oxygen atoms in total. The molecule has 0 spiro atoms. The molecule has 0 saturated carbocycles. The number of primary amides is 1. The Balaban J connectivity index is 1.47. The predicted molar refractivity (Wildman–Crippen MR) is 121 cm³/mol. The van der Waals surface area contributed by atoms with Gasteiger partial charge in [0, 0.05) is 23.4 Å². The van der Waals surface area contributed by atoms with Crippen molar-refractivity contribution in [3.63, 3.8) is 0 Å². The van der Waals surface area contributed by atoms with Gasteiger partial charge in [-0.2, -0.15) is 0 Å². The molecule has 1 fully saturated rings. The molecule has 2 aromatic heterocycles. The van der Waals surface area contributed by atoms with Gasteiger partial charge in [-0.15, -0.1) is 28.2 Å². The van der Waals surface area contributed by atoms with Crippen molar-refractivity contribution in [1.29, 1.82) is 0 Å². The molecule has 4 heterocycles. The Labute approximate surface area is 200 Å². The van der Waals surface area contributed by atoms with Crippen LogP contribution in [0.15, 0.2) is 40.3 Å². The number of carbonyl (C=O) groups excluding carboxylic acids is 3. The molecule has 0 aliphatic carbocycles. The summed E-state index contributed by atoms with van der Waals surface area (Å²) in [5, 5.41) is 20.6. The van der Waals surface area contributed by atoms with Crippen LogP contribution in [0.25, 0.3) is 0 Å². The number of nitrogens with one attached hydrogen (secondary N) is 2. The highest BCUT2D eigenvalue weighted by Crippen LogP contribution is 2.41. The second kappa shape index (κ2) is 9.44. The van der Waals surface area contributed by atoms with Crippen LogP contribution in [0.2, 0.25) is 0 Å². The van der Waals surface area contributed by atoms with Crippen molar-refractivity contribution in [3.05, 3.63) is 40.0 Å². The summed E-state index contributed by atoms with van der Waals surface area (Å²) in [6.07, 6.45) is 1.54. The van der Waals surface area contributed by atoms with Crippen LogP contribution < -0.4 is 16.4 Å². The number of rotatable bonds is 8. The first-order valence-corrected chi connectivity index (χ1v) is 12.5. The van der Waals surface area contributed by atoms with Crippen molar-refractivity contribution in [2.24, 2.45) is 12.8 Å². The van der Waals surface area contributed by atoms with E-state index in [0.717, 1.165) is 0 Å². The van der Waals surface area contributed by atoms with Crippen molar-refractivity contribution in [3.8, 4) is 0 Å². The number of thioether (sulfide) groups is 2. The third kappa shape index (κ3) is 4.69. The van der Waals surface area contributed by atoms with Gasteiger partial charge in [0.2, 0.25) is 11.1 Å².